The molecule has 1 unspecified atom stereocenters. The third-order valence-corrected chi connectivity index (χ3v) is 4.02. The summed E-state index contributed by atoms with van der Waals surface area (Å²) in [6.07, 6.45) is 0.932. The molecule has 19 heavy (non-hydrogen) atoms. The van der Waals surface area contributed by atoms with Crippen LogP contribution in [0.2, 0.25) is 0 Å². The number of carbonyl (C=O) groups is 2. The Labute approximate surface area is 114 Å². The molecule has 0 saturated heterocycles. The highest BCUT2D eigenvalue weighted by molar-refractivity contribution is 7.11. The van der Waals surface area contributed by atoms with Gasteiger partial charge in [0.05, 0.1) is 5.92 Å². The van der Waals surface area contributed by atoms with Crippen LogP contribution in [0.3, 0.4) is 0 Å². The topological polar surface area (TPSA) is 43.4 Å². The van der Waals surface area contributed by atoms with Gasteiger partial charge in [-0.05, 0) is 29.5 Å². The van der Waals surface area contributed by atoms with Gasteiger partial charge in [0, 0.05) is 12.0 Å². The van der Waals surface area contributed by atoms with Gasteiger partial charge in [-0.15, -0.1) is 11.3 Å². The SMILES string of the molecule is O=C1CCC(C(=O)Oc2cccs2)c2ccccc21. The summed E-state index contributed by atoms with van der Waals surface area (Å²) < 4.78 is 5.35. The third-order valence-electron chi connectivity index (χ3n) is 3.28. The Morgan fingerprint density at radius 1 is 1.21 bits per heavy atom. The molecule has 1 aromatic carbocycles. The molecule has 0 N–H and O–H groups in total. The second kappa shape index (κ2) is 4.97. The molecule has 96 valence electrons. The van der Waals surface area contributed by atoms with Crippen LogP contribution in [0, 0.1) is 0 Å². The van der Waals surface area contributed by atoms with Crippen LogP contribution >= 0.6 is 11.3 Å². The van der Waals surface area contributed by atoms with E-state index in [2.05, 4.69) is 0 Å². The van der Waals surface area contributed by atoms with E-state index in [0.717, 1.165) is 5.56 Å². The van der Waals surface area contributed by atoms with Crippen molar-refractivity contribution in [1.82, 2.24) is 0 Å². The molecule has 1 heterocycles. The van der Waals surface area contributed by atoms with Crippen LogP contribution in [0.5, 0.6) is 5.06 Å². The minimum Gasteiger partial charge on any atom is -0.415 e. The van der Waals surface area contributed by atoms with E-state index in [-0.39, 0.29) is 17.7 Å². The molecule has 1 aliphatic carbocycles. The van der Waals surface area contributed by atoms with Crippen molar-refractivity contribution >= 4 is 23.1 Å². The van der Waals surface area contributed by atoms with Crippen molar-refractivity contribution in [3.63, 3.8) is 0 Å². The molecular formula is C15H12O3S. The average Bonchev–Trinajstić information content (AvgIpc) is 2.92. The molecule has 1 aliphatic rings. The lowest BCUT2D eigenvalue weighted by molar-refractivity contribution is -0.136. The van der Waals surface area contributed by atoms with E-state index in [9.17, 15) is 9.59 Å². The van der Waals surface area contributed by atoms with Gasteiger partial charge in [-0.3, -0.25) is 9.59 Å². The minimum atomic E-state index is -0.337. The van der Waals surface area contributed by atoms with Gasteiger partial charge in [0.15, 0.2) is 10.8 Å². The molecule has 1 aromatic heterocycles. The zero-order valence-electron chi connectivity index (χ0n) is 10.2. The van der Waals surface area contributed by atoms with E-state index >= 15 is 0 Å². The number of fused-ring (bicyclic) bond motifs is 1. The van der Waals surface area contributed by atoms with Crippen LogP contribution < -0.4 is 4.74 Å². The number of ether oxygens (including phenoxy) is 1. The van der Waals surface area contributed by atoms with Crippen LogP contribution in [-0.2, 0) is 4.79 Å². The number of hydrogen-bond donors (Lipinski definition) is 0. The molecule has 0 spiro atoms. The standard InChI is InChI=1S/C15H12O3S/c16-13-8-7-12(10-4-1-2-5-11(10)13)15(17)18-14-6-3-9-19-14/h1-6,9,12H,7-8H2. The van der Waals surface area contributed by atoms with Crippen molar-refractivity contribution in [3.05, 3.63) is 52.9 Å². The monoisotopic (exact) mass is 272 g/mol. The van der Waals surface area contributed by atoms with Crippen LogP contribution in [0.1, 0.15) is 34.7 Å². The lowest BCUT2D eigenvalue weighted by atomic mass is 9.82. The number of thiophene rings is 1. The Morgan fingerprint density at radius 3 is 2.84 bits per heavy atom. The maximum Gasteiger partial charge on any atom is 0.319 e. The van der Waals surface area contributed by atoms with Crippen molar-refractivity contribution in [2.45, 2.75) is 18.8 Å². The number of benzene rings is 1. The van der Waals surface area contributed by atoms with E-state index in [1.165, 1.54) is 11.3 Å². The highest BCUT2D eigenvalue weighted by Crippen LogP contribution is 2.33. The molecule has 0 aliphatic heterocycles. The normalized spacial score (nSPS) is 17.9. The molecule has 1 atom stereocenters. The largest absolute Gasteiger partial charge is 0.415 e. The summed E-state index contributed by atoms with van der Waals surface area (Å²) in [6.45, 7) is 0. The molecule has 0 amide bonds. The predicted molar refractivity (Wildman–Crippen MR) is 72.7 cm³/mol. The Kier molecular flexibility index (Phi) is 3.17. The lowest BCUT2D eigenvalue weighted by Gasteiger charge is -2.22. The number of esters is 1. The van der Waals surface area contributed by atoms with Gasteiger partial charge in [0.25, 0.3) is 0 Å². The van der Waals surface area contributed by atoms with E-state index in [1.54, 1.807) is 12.1 Å². The summed E-state index contributed by atoms with van der Waals surface area (Å²) >= 11 is 1.39. The number of rotatable bonds is 2. The first-order chi connectivity index (χ1) is 9.25. The van der Waals surface area contributed by atoms with Crippen molar-refractivity contribution in [2.24, 2.45) is 0 Å². The smallest absolute Gasteiger partial charge is 0.319 e. The van der Waals surface area contributed by atoms with Crippen molar-refractivity contribution in [2.75, 3.05) is 0 Å². The molecule has 3 rings (SSSR count). The van der Waals surface area contributed by atoms with Crippen LogP contribution in [0.25, 0.3) is 0 Å². The molecule has 2 aromatic rings. The summed E-state index contributed by atoms with van der Waals surface area (Å²) in [4.78, 5) is 24.0. The summed E-state index contributed by atoms with van der Waals surface area (Å²) in [5.41, 5.74) is 1.45. The van der Waals surface area contributed by atoms with E-state index < -0.39 is 0 Å². The van der Waals surface area contributed by atoms with Gasteiger partial charge in [-0.1, -0.05) is 24.3 Å². The summed E-state index contributed by atoms with van der Waals surface area (Å²) in [6, 6.07) is 10.9. The quantitative estimate of drug-likeness (QED) is 0.787. The maximum atomic E-state index is 12.2. The van der Waals surface area contributed by atoms with Gasteiger partial charge in [0.1, 0.15) is 0 Å². The van der Waals surface area contributed by atoms with Crippen molar-refractivity contribution in [1.29, 1.82) is 0 Å². The van der Waals surface area contributed by atoms with Crippen LogP contribution in [0.15, 0.2) is 41.8 Å². The first kappa shape index (κ1) is 12.1. The summed E-state index contributed by atoms with van der Waals surface area (Å²) in [7, 11) is 0. The first-order valence-corrected chi connectivity index (χ1v) is 7.01. The third kappa shape index (κ3) is 2.31. The molecule has 4 heteroatoms. The fourth-order valence-corrected chi connectivity index (χ4v) is 2.94. The lowest BCUT2D eigenvalue weighted by Crippen LogP contribution is -2.25. The Balaban J connectivity index is 1.88. The minimum absolute atomic E-state index is 0.107. The molecular weight excluding hydrogens is 260 g/mol. The first-order valence-electron chi connectivity index (χ1n) is 6.13. The number of hydrogen-bond acceptors (Lipinski definition) is 4. The average molecular weight is 272 g/mol. The molecule has 3 nitrogen and oxygen atoms in total. The fourth-order valence-electron chi connectivity index (χ4n) is 2.36. The Morgan fingerprint density at radius 2 is 2.05 bits per heavy atom. The van der Waals surface area contributed by atoms with Crippen molar-refractivity contribution < 1.29 is 14.3 Å². The summed E-state index contributed by atoms with van der Waals surface area (Å²) in [5, 5.41) is 2.46. The molecule has 0 fully saturated rings. The van der Waals surface area contributed by atoms with Crippen LogP contribution in [0.4, 0.5) is 0 Å². The van der Waals surface area contributed by atoms with Gasteiger partial charge in [-0.2, -0.15) is 0 Å². The molecule has 0 bridgehead atoms. The highest BCUT2D eigenvalue weighted by Gasteiger charge is 2.31. The van der Waals surface area contributed by atoms with Gasteiger partial charge >= 0.3 is 5.97 Å². The van der Waals surface area contributed by atoms with E-state index in [4.69, 9.17) is 4.74 Å². The van der Waals surface area contributed by atoms with E-state index in [1.807, 2.05) is 29.6 Å². The number of Topliss-reactive ketones (excluding diaryl/α,β-unsaturated/α-hetero) is 1. The van der Waals surface area contributed by atoms with Crippen molar-refractivity contribution in [3.8, 4) is 5.06 Å². The second-order valence-corrected chi connectivity index (χ2v) is 5.37. The molecule has 0 saturated carbocycles. The predicted octanol–water partition coefficient (Wildman–Crippen LogP) is 3.41. The summed E-state index contributed by atoms with van der Waals surface area (Å²) in [5.74, 6) is -0.505. The zero-order valence-corrected chi connectivity index (χ0v) is 11.0. The molecule has 0 radical (unpaired) electrons. The Bertz CT molecular complexity index is 616. The number of carbonyl (C=O) groups excluding carboxylic acids is 2. The highest BCUT2D eigenvalue weighted by atomic mass is 32.1. The zero-order chi connectivity index (χ0) is 13.2. The van der Waals surface area contributed by atoms with Gasteiger partial charge < -0.3 is 4.74 Å². The fraction of sp³-hybridized carbons (Fsp3) is 0.200. The second-order valence-electron chi connectivity index (χ2n) is 4.45. The number of ketones is 1. The van der Waals surface area contributed by atoms with Gasteiger partial charge in [0.2, 0.25) is 0 Å². The van der Waals surface area contributed by atoms with Crippen LogP contribution in [-0.4, -0.2) is 11.8 Å². The van der Waals surface area contributed by atoms with Gasteiger partial charge in [-0.25, -0.2) is 0 Å². The maximum absolute atomic E-state index is 12.2. The van der Waals surface area contributed by atoms with E-state index in [0.29, 0.717) is 23.5 Å². The Hall–Kier alpha value is -1.94.